The van der Waals surface area contributed by atoms with Gasteiger partial charge in [-0.3, -0.25) is 9.59 Å². The Labute approximate surface area is 158 Å². The fraction of sp³-hybridized carbons (Fsp3) is 0.211. The largest absolute Gasteiger partial charge is 0.481 e. The van der Waals surface area contributed by atoms with Crippen LogP contribution in [0.5, 0.6) is 0 Å². The SMILES string of the molecule is O=C(O)CCC(=O)N1N=C(c2ccc(Br)cc2)CC1c1cccc(F)c1. The summed E-state index contributed by atoms with van der Waals surface area (Å²) in [4.78, 5) is 23.3. The number of amides is 1. The van der Waals surface area contributed by atoms with E-state index in [2.05, 4.69) is 21.0 Å². The zero-order chi connectivity index (χ0) is 18.7. The minimum absolute atomic E-state index is 0.154. The summed E-state index contributed by atoms with van der Waals surface area (Å²) in [6, 6.07) is 13.1. The fourth-order valence-corrected chi connectivity index (χ4v) is 3.12. The first-order valence-electron chi connectivity index (χ1n) is 8.07. The summed E-state index contributed by atoms with van der Waals surface area (Å²) in [5.74, 6) is -1.83. The van der Waals surface area contributed by atoms with Gasteiger partial charge in [-0.15, -0.1) is 0 Å². The Morgan fingerprint density at radius 3 is 2.58 bits per heavy atom. The summed E-state index contributed by atoms with van der Waals surface area (Å²) in [5.41, 5.74) is 2.20. The number of hydrazone groups is 1. The monoisotopic (exact) mass is 418 g/mol. The van der Waals surface area contributed by atoms with E-state index in [0.717, 1.165) is 10.0 Å². The molecule has 2 aromatic carbocycles. The van der Waals surface area contributed by atoms with Crippen molar-refractivity contribution in [3.8, 4) is 0 Å². The number of rotatable bonds is 5. The van der Waals surface area contributed by atoms with Crippen LogP contribution in [0.1, 0.15) is 36.4 Å². The van der Waals surface area contributed by atoms with Crippen LogP contribution in [0.25, 0.3) is 0 Å². The summed E-state index contributed by atoms with van der Waals surface area (Å²) in [6.45, 7) is 0. The standard InChI is InChI=1S/C19H16BrFN2O3/c20-14-6-4-12(5-7-14)16-11-17(13-2-1-3-15(21)10-13)23(22-16)18(24)8-9-19(25)26/h1-7,10,17H,8-9,11H2,(H,25,26). The van der Waals surface area contributed by atoms with Gasteiger partial charge in [0.25, 0.3) is 0 Å². The summed E-state index contributed by atoms with van der Waals surface area (Å²) < 4.78 is 14.6. The lowest BCUT2D eigenvalue weighted by molar-refractivity contribution is -0.141. The third kappa shape index (κ3) is 4.16. The molecule has 1 atom stereocenters. The summed E-state index contributed by atoms with van der Waals surface area (Å²) in [5, 5.41) is 14.5. The molecule has 3 rings (SSSR count). The van der Waals surface area contributed by atoms with Crippen molar-refractivity contribution in [1.82, 2.24) is 5.01 Å². The predicted octanol–water partition coefficient (Wildman–Crippen LogP) is 4.13. The molecule has 7 heteroatoms. The maximum Gasteiger partial charge on any atom is 0.303 e. The van der Waals surface area contributed by atoms with E-state index in [4.69, 9.17) is 5.11 Å². The molecular weight excluding hydrogens is 403 g/mol. The molecule has 0 spiro atoms. The molecule has 0 fully saturated rings. The molecule has 1 aliphatic heterocycles. The van der Waals surface area contributed by atoms with Crippen LogP contribution in [0, 0.1) is 5.82 Å². The smallest absolute Gasteiger partial charge is 0.303 e. The Morgan fingerprint density at radius 2 is 1.92 bits per heavy atom. The number of carboxylic acid groups (broad SMARTS) is 1. The van der Waals surface area contributed by atoms with E-state index in [1.54, 1.807) is 12.1 Å². The highest BCUT2D eigenvalue weighted by atomic mass is 79.9. The van der Waals surface area contributed by atoms with Crippen LogP contribution in [0.4, 0.5) is 4.39 Å². The molecule has 0 bridgehead atoms. The lowest BCUT2D eigenvalue weighted by atomic mass is 9.98. The topological polar surface area (TPSA) is 70.0 Å². The molecule has 2 aromatic rings. The molecular formula is C19H16BrFN2O3. The molecule has 0 saturated carbocycles. The van der Waals surface area contributed by atoms with Gasteiger partial charge in [-0.25, -0.2) is 9.40 Å². The van der Waals surface area contributed by atoms with E-state index < -0.39 is 23.7 Å². The van der Waals surface area contributed by atoms with Crippen LogP contribution in [0.15, 0.2) is 58.1 Å². The number of carbonyl (C=O) groups excluding carboxylic acids is 1. The Hall–Kier alpha value is -2.54. The number of aliphatic carboxylic acids is 1. The zero-order valence-corrected chi connectivity index (χ0v) is 15.3. The van der Waals surface area contributed by atoms with Gasteiger partial charge in [0.05, 0.1) is 18.2 Å². The van der Waals surface area contributed by atoms with Crippen molar-refractivity contribution in [2.24, 2.45) is 5.10 Å². The molecule has 1 amide bonds. The number of carbonyl (C=O) groups is 2. The molecule has 1 heterocycles. The lowest BCUT2D eigenvalue weighted by Crippen LogP contribution is -2.27. The van der Waals surface area contributed by atoms with Crippen molar-refractivity contribution in [3.05, 3.63) is 69.9 Å². The Bertz CT molecular complexity index is 867. The highest BCUT2D eigenvalue weighted by Gasteiger charge is 2.33. The third-order valence-electron chi connectivity index (χ3n) is 4.13. The van der Waals surface area contributed by atoms with E-state index in [0.29, 0.717) is 17.7 Å². The molecule has 1 aliphatic rings. The van der Waals surface area contributed by atoms with Gasteiger partial charge in [0, 0.05) is 17.3 Å². The average Bonchev–Trinajstić information content (AvgIpc) is 3.05. The molecule has 0 saturated heterocycles. The van der Waals surface area contributed by atoms with Gasteiger partial charge in [0.15, 0.2) is 0 Å². The Kier molecular flexibility index (Phi) is 5.46. The zero-order valence-electron chi connectivity index (χ0n) is 13.7. The number of carboxylic acids is 1. The van der Waals surface area contributed by atoms with E-state index in [1.165, 1.54) is 17.1 Å². The second-order valence-corrected chi connectivity index (χ2v) is 6.88. The molecule has 134 valence electrons. The second-order valence-electron chi connectivity index (χ2n) is 5.96. The van der Waals surface area contributed by atoms with E-state index in [9.17, 15) is 14.0 Å². The summed E-state index contributed by atoms with van der Waals surface area (Å²) >= 11 is 3.38. The predicted molar refractivity (Wildman–Crippen MR) is 98.2 cm³/mol. The van der Waals surface area contributed by atoms with Crippen molar-refractivity contribution in [1.29, 1.82) is 0 Å². The van der Waals surface area contributed by atoms with Crippen molar-refractivity contribution in [3.63, 3.8) is 0 Å². The van der Waals surface area contributed by atoms with Gasteiger partial charge in [0.1, 0.15) is 5.82 Å². The Morgan fingerprint density at radius 1 is 1.19 bits per heavy atom. The van der Waals surface area contributed by atoms with E-state index in [1.807, 2.05) is 24.3 Å². The summed E-state index contributed by atoms with van der Waals surface area (Å²) in [7, 11) is 0. The highest BCUT2D eigenvalue weighted by molar-refractivity contribution is 9.10. The molecule has 1 N–H and O–H groups in total. The van der Waals surface area contributed by atoms with Crippen LogP contribution in [-0.4, -0.2) is 27.7 Å². The van der Waals surface area contributed by atoms with Crippen LogP contribution in [0.2, 0.25) is 0 Å². The molecule has 0 radical (unpaired) electrons. The molecule has 5 nitrogen and oxygen atoms in total. The van der Waals surface area contributed by atoms with Crippen LogP contribution < -0.4 is 0 Å². The van der Waals surface area contributed by atoms with Crippen molar-refractivity contribution in [2.45, 2.75) is 25.3 Å². The minimum atomic E-state index is -1.04. The lowest BCUT2D eigenvalue weighted by Gasteiger charge is -2.21. The van der Waals surface area contributed by atoms with Gasteiger partial charge >= 0.3 is 5.97 Å². The number of benzene rings is 2. The molecule has 26 heavy (non-hydrogen) atoms. The highest BCUT2D eigenvalue weighted by Crippen LogP contribution is 2.33. The quantitative estimate of drug-likeness (QED) is 0.793. The van der Waals surface area contributed by atoms with E-state index >= 15 is 0 Å². The average molecular weight is 419 g/mol. The van der Waals surface area contributed by atoms with Gasteiger partial charge in [-0.2, -0.15) is 5.10 Å². The van der Waals surface area contributed by atoms with Gasteiger partial charge < -0.3 is 5.11 Å². The second kappa shape index (κ2) is 7.78. The fourth-order valence-electron chi connectivity index (χ4n) is 2.86. The van der Waals surface area contributed by atoms with Crippen LogP contribution in [-0.2, 0) is 9.59 Å². The van der Waals surface area contributed by atoms with Gasteiger partial charge in [0.2, 0.25) is 5.91 Å². The van der Waals surface area contributed by atoms with Crippen molar-refractivity contribution in [2.75, 3.05) is 0 Å². The molecule has 1 unspecified atom stereocenters. The maximum absolute atomic E-state index is 13.6. The number of hydrogen-bond donors (Lipinski definition) is 1. The summed E-state index contributed by atoms with van der Waals surface area (Å²) in [6.07, 6.45) is 0.0104. The van der Waals surface area contributed by atoms with E-state index in [-0.39, 0.29) is 12.8 Å². The number of hydrogen-bond acceptors (Lipinski definition) is 3. The molecule has 0 aromatic heterocycles. The van der Waals surface area contributed by atoms with Crippen LogP contribution in [0.3, 0.4) is 0 Å². The first-order valence-corrected chi connectivity index (χ1v) is 8.86. The maximum atomic E-state index is 13.6. The normalized spacial score (nSPS) is 16.5. The molecule has 0 aliphatic carbocycles. The van der Waals surface area contributed by atoms with Gasteiger partial charge in [-0.1, -0.05) is 40.2 Å². The number of nitrogens with zero attached hydrogens (tertiary/aromatic N) is 2. The van der Waals surface area contributed by atoms with Crippen molar-refractivity contribution >= 4 is 33.5 Å². The third-order valence-corrected chi connectivity index (χ3v) is 4.66. The van der Waals surface area contributed by atoms with Crippen molar-refractivity contribution < 1.29 is 19.1 Å². The Balaban J connectivity index is 1.91. The van der Waals surface area contributed by atoms with Crippen LogP contribution >= 0.6 is 15.9 Å². The first kappa shape index (κ1) is 18.3. The minimum Gasteiger partial charge on any atom is -0.481 e. The number of halogens is 2. The van der Waals surface area contributed by atoms with Gasteiger partial charge in [-0.05, 0) is 35.4 Å². The first-order chi connectivity index (χ1) is 12.4.